The fourth-order valence-electron chi connectivity index (χ4n) is 3.79. The number of unbranched alkanes of at least 4 members (excludes halogenated alkanes) is 1. The number of aryl methyl sites for hydroxylation is 1. The third kappa shape index (κ3) is 7.28. The van der Waals surface area contributed by atoms with Gasteiger partial charge in [0.25, 0.3) is 5.69 Å². The third-order valence-electron chi connectivity index (χ3n) is 5.98. The Labute approximate surface area is 213 Å². The van der Waals surface area contributed by atoms with Gasteiger partial charge in [-0.3, -0.25) is 14.9 Å². The summed E-state index contributed by atoms with van der Waals surface area (Å²) in [5.74, 6) is 0.579. The first kappa shape index (κ1) is 27.6. The molecule has 0 saturated carbocycles. The second-order valence-electron chi connectivity index (χ2n) is 8.73. The minimum absolute atomic E-state index is 0.170. The van der Waals surface area contributed by atoms with E-state index in [-0.39, 0.29) is 24.2 Å². The number of ether oxygens (including phenoxy) is 1. The van der Waals surface area contributed by atoms with Crippen LogP contribution in [0.25, 0.3) is 0 Å². The van der Waals surface area contributed by atoms with Gasteiger partial charge in [0.15, 0.2) is 0 Å². The Balaban J connectivity index is 1.90. The lowest BCUT2D eigenvalue weighted by Gasteiger charge is -2.31. The molecule has 10 heteroatoms. The summed E-state index contributed by atoms with van der Waals surface area (Å²) in [6, 6.07) is 12.8. The van der Waals surface area contributed by atoms with E-state index >= 15 is 0 Å². The largest absolute Gasteiger partial charge is 0.426 e. The molecule has 3 rings (SSSR count). The molecule has 196 valence electrons. The van der Waals surface area contributed by atoms with Crippen LogP contribution in [0.1, 0.15) is 61.4 Å². The molecule has 37 heavy (non-hydrogen) atoms. The van der Waals surface area contributed by atoms with Crippen LogP contribution in [0.3, 0.4) is 0 Å². The van der Waals surface area contributed by atoms with Crippen molar-refractivity contribution in [1.82, 2.24) is 4.98 Å². The molecule has 3 aromatic rings. The van der Waals surface area contributed by atoms with E-state index in [4.69, 9.17) is 4.74 Å². The van der Waals surface area contributed by atoms with Gasteiger partial charge in [-0.2, -0.15) is 13.2 Å². The molecule has 0 saturated heterocycles. The Morgan fingerprint density at radius 3 is 2.38 bits per heavy atom. The molecular weight excluding hydrogens is 487 g/mol. The van der Waals surface area contributed by atoms with Crippen LogP contribution in [0.5, 0.6) is 5.75 Å². The molecule has 0 aliphatic heterocycles. The molecule has 0 spiro atoms. The van der Waals surface area contributed by atoms with E-state index in [0.717, 1.165) is 42.3 Å². The number of benzene rings is 2. The average molecular weight is 516 g/mol. The zero-order chi connectivity index (χ0) is 27.2. The summed E-state index contributed by atoms with van der Waals surface area (Å²) in [6.07, 6.45) is -1.33. The van der Waals surface area contributed by atoms with Crippen LogP contribution in [0.15, 0.2) is 60.8 Å². The molecular formula is C27H28F3N3O4. The first-order valence-electron chi connectivity index (χ1n) is 11.8. The first-order chi connectivity index (χ1) is 17.5. The van der Waals surface area contributed by atoms with Gasteiger partial charge in [0.1, 0.15) is 17.8 Å². The van der Waals surface area contributed by atoms with Crippen LogP contribution in [0, 0.1) is 17.0 Å². The Bertz CT molecular complexity index is 1230. The molecule has 1 unspecified atom stereocenters. The number of halogens is 3. The van der Waals surface area contributed by atoms with E-state index < -0.39 is 16.7 Å². The molecule has 0 bridgehead atoms. The van der Waals surface area contributed by atoms with Crippen molar-refractivity contribution in [3.8, 4) is 5.75 Å². The van der Waals surface area contributed by atoms with Gasteiger partial charge in [-0.05, 0) is 61.2 Å². The van der Waals surface area contributed by atoms with Crippen molar-refractivity contribution in [2.75, 3.05) is 4.90 Å². The van der Waals surface area contributed by atoms with E-state index in [0.29, 0.717) is 23.6 Å². The van der Waals surface area contributed by atoms with E-state index in [1.807, 2.05) is 37.8 Å². The fraction of sp³-hybridized carbons (Fsp3) is 0.333. The maximum Gasteiger partial charge on any atom is 0.416 e. The summed E-state index contributed by atoms with van der Waals surface area (Å²) in [7, 11) is 0. The third-order valence-corrected chi connectivity index (χ3v) is 5.98. The lowest BCUT2D eigenvalue weighted by molar-refractivity contribution is -0.385. The lowest BCUT2D eigenvalue weighted by Crippen LogP contribution is -2.27. The summed E-state index contributed by atoms with van der Waals surface area (Å²) in [5.41, 5.74) is 1.29. The van der Waals surface area contributed by atoms with Gasteiger partial charge >= 0.3 is 12.1 Å². The van der Waals surface area contributed by atoms with E-state index in [2.05, 4.69) is 4.98 Å². The lowest BCUT2D eigenvalue weighted by atomic mass is 10.0. The molecule has 0 aliphatic carbocycles. The Morgan fingerprint density at radius 2 is 1.84 bits per heavy atom. The van der Waals surface area contributed by atoms with Gasteiger partial charge in [0.2, 0.25) is 0 Å². The van der Waals surface area contributed by atoms with Crippen molar-refractivity contribution in [1.29, 1.82) is 0 Å². The summed E-state index contributed by atoms with van der Waals surface area (Å²) in [6.45, 7) is 5.92. The zero-order valence-corrected chi connectivity index (χ0v) is 20.8. The number of hydrogen-bond acceptors (Lipinski definition) is 6. The highest BCUT2D eigenvalue weighted by Gasteiger charge is 2.30. The number of esters is 1. The van der Waals surface area contributed by atoms with Crippen molar-refractivity contribution < 1.29 is 27.6 Å². The van der Waals surface area contributed by atoms with E-state index in [1.54, 1.807) is 6.07 Å². The number of rotatable bonds is 10. The molecule has 7 nitrogen and oxygen atoms in total. The number of nitro groups is 1. The molecule has 1 aromatic heterocycles. The summed E-state index contributed by atoms with van der Waals surface area (Å²) in [5, 5.41) is 11.1. The van der Waals surface area contributed by atoms with E-state index in [1.165, 1.54) is 24.3 Å². The predicted octanol–water partition coefficient (Wildman–Crippen LogP) is 7.18. The number of carbonyl (C=O) groups excluding carboxylic acids is 1. The smallest absolute Gasteiger partial charge is 0.416 e. The quantitative estimate of drug-likeness (QED) is 0.123. The first-order valence-corrected chi connectivity index (χ1v) is 11.8. The van der Waals surface area contributed by atoms with Crippen LogP contribution in [-0.2, 0) is 17.5 Å². The Kier molecular flexibility index (Phi) is 8.86. The number of nitrogens with zero attached hydrogens (tertiary/aromatic N) is 3. The molecule has 1 heterocycles. The SMILES string of the molecule is CCCCC(=O)Oc1ccc(C(C)N(Cc2ccc(C(F)(F)F)cc2)c2ccc([N+](=O)[O-])cn2)cc1C. The molecule has 0 N–H and O–H groups in total. The van der Waals surface area contributed by atoms with Gasteiger partial charge in [-0.1, -0.05) is 37.6 Å². The van der Waals surface area contributed by atoms with Crippen LogP contribution < -0.4 is 9.64 Å². The van der Waals surface area contributed by atoms with Crippen molar-refractivity contribution in [3.63, 3.8) is 0 Å². The highest BCUT2D eigenvalue weighted by atomic mass is 19.4. The number of anilines is 1. The highest BCUT2D eigenvalue weighted by molar-refractivity contribution is 5.72. The van der Waals surface area contributed by atoms with Gasteiger partial charge in [-0.25, -0.2) is 4.98 Å². The Hall–Kier alpha value is -3.95. The van der Waals surface area contributed by atoms with Crippen molar-refractivity contribution >= 4 is 17.5 Å². The minimum atomic E-state index is -4.44. The van der Waals surface area contributed by atoms with Crippen molar-refractivity contribution in [2.24, 2.45) is 0 Å². The average Bonchev–Trinajstić information content (AvgIpc) is 2.86. The number of alkyl halides is 3. The molecule has 1 atom stereocenters. The molecule has 0 amide bonds. The Morgan fingerprint density at radius 1 is 1.14 bits per heavy atom. The second kappa shape index (κ2) is 11.9. The summed E-state index contributed by atoms with van der Waals surface area (Å²) >= 11 is 0. The number of hydrogen-bond donors (Lipinski definition) is 0. The number of aromatic nitrogens is 1. The predicted molar refractivity (Wildman–Crippen MR) is 133 cm³/mol. The standard InChI is InChI=1S/C27H28F3N3O4/c1-4-5-6-26(34)37-24-13-9-21(15-18(24)2)19(3)32(25-14-12-23(16-31-25)33(35)36)17-20-7-10-22(11-8-20)27(28,29)30/h7-16,19H,4-6,17H2,1-3H3. The normalized spacial score (nSPS) is 12.2. The monoisotopic (exact) mass is 515 g/mol. The summed E-state index contributed by atoms with van der Waals surface area (Å²) in [4.78, 5) is 28.6. The second-order valence-corrected chi connectivity index (χ2v) is 8.73. The van der Waals surface area contributed by atoms with Crippen LogP contribution >= 0.6 is 0 Å². The van der Waals surface area contributed by atoms with Crippen molar-refractivity contribution in [3.05, 3.63) is 93.2 Å². The summed E-state index contributed by atoms with van der Waals surface area (Å²) < 4.78 is 44.5. The van der Waals surface area contributed by atoms with Gasteiger partial charge in [-0.15, -0.1) is 0 Å². The molecule has 0 aliphatic rings. The van der Waals surface area contributed by atoms with Crippen molar-refractivity contribution in [2.45, 2.75) is 58.8 Å². The van der Waals surface area contributed by atoms with E-state index in [9.17, 15) is 28.1 Å². The van der Waals surface area contributed by atoms with Gasteiger partial charge in [0, 0.05) is 19.0 Å². The van der Waals surface area contributed by atoms with Crippen LogP contribution in [-0.4, -0.2) is 15.9 Å². The fourth-order valence-corrected chi connectivity index (χ4v) is 3.79. The maximum atomic E-state index is 13.0. The highest BCUT2D eigenvalue weighted by Crippen LogP contribution is 2.33. The molecule has 0 radical (unpaired) electrons. The zero-order valence-electron chi connectivity index (χ0n) is 20.8. The maximum absolute atomic E-state index is 13.0. The minimum Gasteiger partial charge on any atom is -0.426 e. The van der Waals surface area contributed by atoms with Gasteiger partial charge in [0.05, 0.1) is 16.5 Å². The molecule has 2 aromatic carbocycles. The van der Waals surface area contributed by atoms with Crippen LogP contribution in [0.2, 0.25) is 0 Å². The topological polar surface area (TPSA) is 85.6 Å². The number of carbonyl (C=O) groups is 1. The number of pyridine rings is 1. The molecule has 0 fully saturated rings. The van der Waals surface area contributed by atoms with Gasteiger partial charge < -0.3 is 9.64 Å². The van der Waals surface area contributed by atoms with Crippen LogP contribution in [0.4, 0.5) is 24.7 Å².